The number of hydrogen-bond donors (Lipinski definition) is 1. The highest BCUT2D eigenvalue weighted by atomic mass is 19.1. The minimum Gasteiger partial charge on any atom is -0.481 e. The third-order valence-corrected chi connectivity index (χ3v) is 3.92. The van der Waals surface area contributed by atoms with E-state index < -0.39 is 5.97 Å². The molecule has 0 aromatic rings. The number of hydrogen-bond acceptors (Lipinski definition) is 4. The van der Waals surface area contributed by atoms with Crippen LogP contribution in [0.5, 0.6) is 0 Å². The predicted molar refractivity (Wildman–Crippen MR) is 93.3 cm³/mol. The van der Waals surface area contributed by atoms with E-state index in [-0.39, 0.29) is 24.3 Å². The molecule has 0 aliphatic carbocycles. The molecule has 0 amide bonds. The maximum atomic E-state index is 14.1. The number of likely N-dealkylation sites (tertiary alicyclic amines) is 1. The first-order chi connectivity index (χ1) is 11.0. The van der Waals surface area contributed by atoms with Crippen molar-refractivity contribution in [2.45, 2.75) is 54.5 Å². The van der Waals surface area contributed by atoms with Gasteiger partial charge in [0.05, 0.1) is 18.2 Å². The van der Waals surface area contributed by atoms with Crippen molar-refractivity contribution in [3.8, 4) is 0 Å². The van der Waals surface area contributed by atoms with Crippen LogP contribution in [0.15, 0.2) is 16.5 Å². The normalized spacial score (nSPS) is 19.7. The number of carboxylic acids is 1. The molecule has 5 nitrogen and oxygen atoms in total. The molecule has 1 N–H and O–H groups in total. The van der Waals surface area contributed by atoms with Crippen molar-refractivity contribution in [2.24, 2.45) is 10.9 Å². The molecule has 2 heterocycles. The van der Waals surface area contributed by atoms with Crippen LogP contribution in [0.3, 0.4) is 0 Å². The summed E-state index contributed by atoms with van der Waals surface area (Å²) in [5.74, 6) is -0.481. The Morgan fingerprint density at radius 3 is 2.30 bits per heavy atom. The fourth-order valence-corrected chi connectivity index (χ4v) is 2.68. The first-order valence-corrected chi connectivity index (χ1v) is 8.59. The van der Waals surface area contributed by atoms with Crippen LogP contribution >= 0.6 is 0 Å². The summed E-state index contributed by atoms with van der Waals surface area (Å²) in [4.78, 5) is 18.8. The van der Waals surface area contributed by atoms with Crippen LogP contribution in [0, 0.1) is 5.92 Å². The van der Waals surface area contributed by atoms with Crippen LogP contribution in [-0.4, -0.2) is 58.9 Å². The summed E-state index contributed by atoms with van der Waals surface area (Å²) < 4.78 is 14.1. The van der Waals surface area contributed by atoms with E-state index in [1.54, 1.807) is 0 Å². The number of rotatable bonds is 4. The van der Waals surface area contributed by atoms with Crippen LogP contribution in [-0.2, 0) is 4.79 Å². The van der Waals surface area contributed by atoms with E-state index in [9.17, 15) is 9.18 Å². The highest BCUT2D eigenvalue weighted by Crippen LogP contribution is 2.29. The highest BCUT2D eigenvalue weighted by Gasteiger charge is 2.39. The van der Waals surface area contributed by atoms with Gasteiger partial charge in [-0.3, -0.25) is 14.7 Å². The summed E-state index contributed by atoms with van der Waals surface area (Å²) in [6, 6.07) is -0.110. The van der Waals surface area contributed by atoms with E-state index in [0.29, 0.717) is 25.3 Å². The predicted octanol–water partition coefficient (Wildman–Crippen LogP) is 3.38. The lowest BCUT2D eigenvalue weighted by Gasteiger charge is -2.44. The molecule has 0 bridgehead atoms. The van der Waals surface area contributed by atoms with Crippen molar-refractivity contribution in [1.29, 1.82) is 0 Å². The SMILES string of the molecule is CC.CC.CCN1C(C)=NCC(F)=C1C(C)N1CC(C(=O)O)C1. The molecule has 2 rings (SSSR count). The van der Waals surface area contributed by atoms with Crippen molar-refractivity contribution < 1.29 is 14.3 Å². The van der Waals surface area contributed by atoms with E-state index in [4.69, 9.17) is 5.11 Å². The van der Waals surface area contributed by atoms with Gasteiger partial charge >= 0.3 is 5.97 Å². The standard InChI is InChI=1S/C13H20FN3O2.2C2H6/c1-4-17-9(3)15-5-11(14)12(17)8(2)16-6-10(7-16)13(18)19;2*1-2/h8,10H,4-7H2,1-3H3,(H,18,19);2*1-2H3. The molecule has 23 heavy (non-hydrogen) atoms. The zero-order valence-electron chi connectivity index (χ0n) is 15.6. The maximum absolute atomic E-state index is 14.1. The number of aliphatic carboxylic acids is 1. The molecule has 1 atom stereocenters. The second-order valence-electron chi connectivity index (χ2n) is 5.06. The van der Waals surface area contributed by atoms with Crippen molar-refractivity contribution in [2.75, 3.05) is 26.2 Å². The number of carboxylic acid groups (broad SMARTS) is 1. The zero-order valence-corrected chi connectivity index (χ0v) is 15.6. The van der Waals surface area contributed by atoms with Crippen LogP contribution in [0.2, 0.25) is 0 Å². The average molecular weight is 329 g/mol. The molecular formula is C17H32FN3O2. The quantitative estimate of drug-likeness (QED) is 0.859. The largest absolute Gasteiger partial charge is 0.481 e. The first kappa shape index (κ1) is 21.6. The molecule has 1 unspecified atom stereocenters. The minimum absolute atomic E-state index is 0.0954. The van der Waals surface area contributed by atoms with Crippen molar-refractivity contribution >= 4 is 11.8 Å². The van der Waals surface area contributed by atoms with Gasteiger partial charge in [-0.15, -0.1) is 0 Å². The topological polar surface area (TPSA) is 56.1 Å². The second-order valence-corrected chi connectivity index (χ2v) is 5.06. The lowest BCUT2D eigenvalue weighted by molar-refractivity contribution is -0.148. The molecule has 0 aromatic carbocycles. The van der Waals surface area contributed by atoms with Gasteiger partial charge in [0.1, 0.15) is 11.7 Å². The molecule has 134 valence electrons. The van der Waals surface area contributed by atoms with Gasteiger partial charge in [-0.25, -0.2) is 4.39 Å². The molecule has 2 aliphatic rings. The summed E-state index contributed by atoms with van der Waals surface area (Å²) in [7, 11) is 0. The van der Waals surface area contributed by atoms with Crippen LogP contribution in [0.1, 0.15) is 48.5 Å². The third-order valence-electron chi connectivity index (χ3n) is 3.92. The first-order valence-electron chi connectivity index (χ1n) is 8.59. The van der Waals surface area contributed by atoms with Gasteiger partial charge in [0.15, 0.2) is 0 Å². The number of nitrogens with zero attached hydrogens (tertiary/aromatic N) is 3. The Kier molecular flexibility index (Phi) is 9.72. The van der Waals surface area contributed by atoms with Gasteiger partial charge in [0.2, 0.25) is 0 Å². The van der Waals surface area contributed by atoms with Gasteiger partial charge < -0.3 is 10.0 Å². The molecule has 0 radical (unpaired) electrons. The number of aliphatic imine (C=N–C) groups is 1. The van der Waals surface area contributed by atoms with Crippen molar-refractivity contribution in [3.63, 3.8) is 0 Å². The molecular weight excluding hydrogens is 297 g/mol. The number of carbonyl (C=O) groups is 1. The second kappa shape index (κ2) is 10.4. The number of likely N-dealkylation sites (N-methyl/N-ethyl adjacent to an activating group) is 1. The lowest BCUT2D eigenvalue weighted by Crippen LogP contribution is -2.56. The van der Waals surface area contributed by atoms with E-state index in [2.05, 4.69) is 4.99 Å². The van der Waals surface area contributed by atoms with Gasteiger partial charge in [-0.2, -0.15) is 0 Å². The fourth-order valence-electron chi connectivity index (χ4n) is 2.68. The van der Waals surface area contributed by atoms with Crippen LogP contribution in [0.25, 0.3) is 0 Å². The Labute approximate surface area is 139 Å². The van der Waals surface area contributed by atoms with Gasteiger partial charge in [0, 0.05) is 25.7 Å². The van der Waals surface area contributed by atoms with E-state index in [0.717, 1.165) is 5.84 Å². The van der Waals surface area contributed by atoms with Gasteiger partial charge in [-0.1, -0.05) is 27.7 Å². The summed E-state index contributed by atoms with van der Waals surface area (Å²) in [6.07, 6.45) is 0. The summed E-state index contributed by atoms with van der Waals surface area (Å²) in [5, 5.41) is 8.89. The third kappa shape index (κ3) is 5.03. The van der Waals surface area contributed by atoms with Crippen LogP contribution < -0.4 is 0 Å². The molecule has 0 spiro atoms. The van der Waals surface area contributed by atoms with Crippen molar-refractivity contribution in [3.05, 3.63) is 11.5 Å². The van der Waals surface area contributed by atoms with Gasteiger partial charge in [0.25, 0.3) is 0 Å². The average Bonchev–Trinajstić information content (AvgIpc) is 2.51. The van der Waals surface area contributed by atoms with Crippen LogP contribution in [0.4, 0.5) is 4.39 Å². The maximum Gasteiger partial charge on any atom is 0.309 e. The minimum atomic E-state index is -0.772. The highest BCUT2D eigenvalue weighted by molar-refractivity contribution is 5.82. The smallest absolute Gasteiger partial charge is 0.309 e. The fraction of sp³-hybridized carbons (Fsp3) is 0.765. The molecule has 6 heteroatoms. The molecule has 0 aromatic heterocycles. The Hall–Kier alpha value is -1.43. The summed E-state index contributed by atoms with van der Waals surface area (Å²) in [5.41, 5.74) is 0.638. The number of halogens is 1. The Bertz CT molecular complexity index is 443. The summed E-state index contributed by atoms with van der Waals surface area (Å²) in [6.45, 7) is 15.5. The zero-order chi connectivity index (χ0) is 18.2. The Balaban J connectivity index is 0.00000112. The monoisotopic (exact) mass is 329 g/mol. The Morgan fingerprint density at radius 2 is 1.87 bits per heavy atom. The lowest BCUT2D eigenvalue weighted by atomic mass is 9.96. The molecule has 2 aliphatic heterocycles. The van der Waals surface area contributed by atoms with E-state index in [1.807, 2.05) is 58.3 Å². The van der Waals surface area contributed by atoms with E-state index in [1.165, 1.54) is 0 Å². The summed E-state index contributed by atoms with van der Waals surface area (Å²) >= 11 is 0. The van der Waals surface area contributed by atoms with Gasteiger partial charge in [-0.05, 0) is 20.8 Å². The van der Waals surface area contributed by atoms with E-state index >= 15 is 0 Å². The number of amidine groups is 1. The molecule has 1 fully saturated rings. The molecule has 1 saturated heterocycles. The molecule has 0 saturated carbocycles. The van der Waals surface area contributed by atoms with Crippen molar-refractivity contribution in [1.82, 2.24) is 9.80 Å². The Morgan fingerprint density at radius 1 is 1.35 bits per heavy atom.